The van der Waals surface area contributed by atoms with Gasteiger partial charge in [-0.2, -0.15) is 0 Å². The summed E-state index contributed by atoms with van der Waals surface area (Å²) in [5.74, 6) is 0. The molecule has 0 bridgehead atoms. The molecular formula is C18H23BrN2. The molecule has 0 saturated heterocycles. The maximum Gasteiger partial charge on any atom is 0.0432 e. The van der Waals surface area contributed by atoms with Crippen LogP contribution >= 0.6 is 15.9 Å². The Bertz CT molecular complexity index is 567. The van der Waals surface area contributed by atoms with E-state index in [1.54, 1.807) is 0 Å². The zero-order valence-corrected chi connectivity index (χ0v) is 14.5. The third-order valence-electron chi connectivity index (χ3n) is 3.54. The molecule has 0 heterocycles. The van der Waals surface area contributed by atoms with E-state index in [1.807, 2.05) is 7.05 Å². The Morgan fingerprint density at radius 2 is 1.81 bits per heavy atom. The Kier molecular flexibility index (Phi) is 5.83. The summed E-state index contributed by atoms with van der Waals surface area (Å²) in [6, 6.07) is 17.6. The first-order valence-electron chi connectivity index (χ1n) is 7.35. The monoisotopic (exact) mass is 346 g/mol. The highest BCUT2D eigenvalue weighted by molar-refractivity contribution is 9.10. The van der Waals surface area contributed by atoms with Crippen LogP contribution in [0.1, 0.15) is 25.0 Å². The molecule has 2 rings (SSSR count). The molecule has 0 aliphatic rings. The third kappa shape index (κ3) is 4.32. The standard InChI is InChI=1S/C18H23BrN2/c1-14(2)21(13-15-7-5-4-6-8-15)18-10-9-17(19)11-16(18)12-20-3/h4-11,14,20H,12-13H2,1-3H3. The predicted octanol–water partition coefficient (Wildman–Crippen LogP) is 4.58. The van der Waals surface area contributed by atoms with Gasteiger partial charge in [-0.3, -0.25) is 0 Å². The van der Waals surface area contributed by atoms with E-state index >= 15 is 0 Å². The van der Waals surface area contributed by atoms with Crippen molar-refractivity contribution in [2.45, 2.75) is 33.0 Å². The highest BCUT2D eigenvalue weighted by Crippen LogP contribution is 2.27. The summed E-state index contributed by atoms with van der Waals surface area (Å²) in [5, 5.41) is 3.26. The van der Waals surface area contributed by atoms with Crippen LogP contribution in [0, 0.1) is 0 Å². The number of benzene rings is 2. The van der Waals surface area contributed by atoms with Crippen molar-refractivity contribution in [1.82, 2.24) is 5.32 Å². The average molecular weight is 347 g/mol. The van der Waals surface area contributed by atoms with E-state index in [0.29, 0.717) is 6.04 Å². The average Bonchev–Trinajstić information content (AvgIpc) is 2.47. The highest BCUT2D eigenvalue weighted by Gasteiger charge is 2.15. The normalized spacial score (nSPS) is 10.9. The summed E-state index contributed by atoms with van der Waals surface area (Å²) in [7, 11) is 1.99. The highest BCUT2D eigenvalue weighted by atomic mass is 79.9. The van der Waals surface area contributed by atoms with Crippen molar-refractivity contribution >= 4 is 21.6 Å². The first-order valence-corrected chi connectivity index (χ1v) is 8.14. The van der Waals surface area contributed by atoms with Crippen LogP contribution in [0.4, 0.5) is 5.69 Å². The molecule has 0 unspecified atom stereocenters. The molecular weight excluding hydrogens is 324 g/mol. The molecule has 3 heteroatoms. The molecule has 0 saturated carbocycles. The number of nitrogens with one attached hydrogen (secondary N) is 1. The van der Waals surface area contributed by atoms with Gasteiger partial charge in [0, 0.05) is 29.3 Å². The quantitative estimate of drug-likeness (QED) is 0.823. The Balaban J connectivity index is 2.34. The number of hydrogen-bond acceptors (Lipinski definition) is 2. The molecule has 0 fully saturated rings. The van der Waals surface area contributed by atoms with Crippen molar-refractivity contribution in [2.75, 3.05) is 11.9 Å². The van der Waals surface area contributed by atoms with Crippen molar-refractivity contribution in [3.8, 4) is 0 Å². The summed E-state index contributed by atoms with van der Waals surface area (Å²) >= 11 is 3.57. The Hall–Kier alpha value is -1.32. The number of nitrogens with zero attached hydrogens (tertiary/aromatic N) is 1. The SMILES string of the molecule is CNCc1cc(Br)ccc1N(Cc1ccccc1)C(C)C. The number of hydrogen-bond donors (Lipinski definition) is 1. The molecule has 2 nitrogen and oxygen atoms in total. The molecule has 2 aromatic carbocycles. The van der Waals surface area contributed by atoms with Crippen LogP contribution in [0.25, 0.3) is 0 Å². The van der Waals surface area contributed by atoms with Crippen molar-refractivity contribution in [3.05, 3.63) is 64.1 Å². The van der Waals surface area contributed by atoms with Crippen molar-refractivity contribution in [2.24, 2.45) is 0 Å². The number of halogens is 1. The molecule has 0 atom stereocenters. The van der Waals surface area contributed by atoms with E-state index in [0.717, 1.165) is 17.6 Å². The van der Waals surface area contributed by atoms with E-state index in [1.165, 1.54) is 16.8 Å². The molecule has 0 radical (unpaired) electrons. The first kappa shape index (κ1) is 16.1. The Labute approximate surface area is 136 Å². The van der Waals surface area contributed by atoms with Gasteiger partial charge >= 0.3 is 0 Å². The van der Waals surface area contributed by atoms with Gasteiger partial charge < -0.3 is 10.2 Å². The van der Waals surface area contributed by atoms with Crippen LogP contribution in [0.5, 0.6) is 0 Å². The van der Waals surface area contributed by atoms with Gasteiger partial charge in [-0.1, -0.05) is 46.3 Å². The van der Waals surface area contributed by atoms with Gasteiger partial charge in [0.05, 0.1) is 0 Å². The van der Waals surface area contributed by atoms with Crippen molar-refractivity contribution < 1.29 is 0 Å². The van der Waals surface area contributed by atoms with Gasteiger partial charge in [0.25, 0.3) is 0 Å². The van der Waals surface area contributed by atoms with Gasteiger partial charge in [0.1, 0.15) is 0 Å². The van der Waals surface area contributed by atoms with Gasteiger partial charge in [0.2, 0.25) is 0 Å². The third-order valence-corrected chi connectivity index (χ3v) is 4.03. The van der Waals surface area contributed by atoms with Crippen molar-refractivity contribution in [3.63, 3.8) is 0 Å². The largest absolute Gasteiger partial charge is 0.365 e. The van der Waals surface area contributed by atoms with Crippen molar-refractivity contribution in [1.29, 1.82) is 0 Å². The lowest BCUT2D eigenvalue weighted by atomic mass is 10.1. The van der Waals surface area contributed by atoms with E-state index < -0.39 is 0 Å². The summed E-state index contributed by atoms with van der Waals surface area (Å²) < 4.78 is 1.12. The lowest BCUT2D eigenvalue weighted by molar-refractivity contribution is 0.674. The zero-order valence-electron chi connectivity index (χ0n) is 12.9. The van der Waals surface area contributed by atoms with E-state index in [4.69, 9.17) is 0 Å². The lowest BCUT2D eigenvalue weighted by Crippen LogP contribution is -2.31. The minimum absolute atomic E-state index is 0.446. The zero-order chi connectivity index (χ0) is 15.2. The molecule has 112 valence electrons. The molecule has 1 N–H and O–H groups in total. The minimum atomic E-state index is 0.446. The van der Waals surface area contributed by atoms with E-state index in [2.05, 4.69) is 88.5 Å². The van der Waals surface area contributed by atoms with E-state index in [9.17, 15) is 0 Å². The maximum atomic E-state index is 3.57. The van der Waals surface area contributed by atoms with Crippen LogP contribution in [0.15, 0.2) is 53.0 Å². The molecule has 21 heavy (non-hydrogen) atoms. The molecule has 2 aromatic rings. The smallest absolute Gasteiger partial charge is 0.0432 e. The second-order valence-electron chi connectivity index (χ2n) is 5.51. The van der Waals surface area contributed by atoms with Gasteiger partial charge in [-0.05, 0) is 50.2 Å². The fourth-order valence-corrected chi connectivity index (χ4v) is 2.90. The van der Waals surface area contributed by atoms with Gasteiger partial charge in [-0.15, -0.1) is 0 Å². The molecule has 0 aliphatic carbocycles. The minimum Gasteiger partial charge on any atom is -0.365 e. The molecule has 0 amide bonds. The lowest BCUT2D eigenvalue weighted by Gasteiger charge is -2.31. The van der Waals surface area contributed by atoms with Crippen LogP contribution in [0.3, 0.4) is 0 Å². The van der Waals surface area contributed by atoms with E-state index in [-0.39, 0.29) is 0 Å². The van der Waals surface area contributed by atoms with Gasteiger partial charge in [0.15, 0.2) is 0 Å². The molecule has 0 aromatic heterocycles. The number of rotatable bonds is 6. The topological polar surface area (TPSA) is 15.3 Å². The Morgan fingerprint density at radius 1 is 1.10 bits per heavy atom. The summed E-state index contributed by atoms with van der Waals surface area (Å²) in [6.45, 7) is 6.28. The first-order chi connectivity index (χ1) is 10.1. The van der Waals surface area contributed by atoms with Crippen LogP contribution < -0.4 is 10.2 Å². The molecule has 0 spiro atoms. The fraction of sp³-hybridized carbons (Fsp3) is 0.333. The van der Waals surface area contributed by atoms with Crippen LogP contribution in [-0.2, 0) is 13.1 Å². The number of anilines is 1. The van der Waals surface area contributed by atoms with Gasteiger partial charge in [-0.25, -0.2) is 0 Å². The Morgan fingerprint density at radius 3 is 2.43 bits per heavy atom. The summed E-state index contributed by atoms with van der Waals surface area (Å²) in [4.78, 5) is 2.45. The second kappa shape index (κ2) is 7.62. The second-order valence-corrected chi connectivity index (χ2v) is 6.43. The molecule has 0 aliphatic heterocycles. The summed E-state index contributed by atoms with van der Waals surface area (Å²) in [6.07, 6.45) is 0. The van der Waals surface area contributed by atoms with Crippen LogP contribution in [0.2, 0.25) is 0 Å². The fourth-order valence-electron chi connectivity index (χ4n) is 2.49. The predicted molar refractivity (Wildman–Crippen MR) is 94.7 cm³/mol. The van der Waals surface area contributed by atoms with Crippen LogP contribution in [-0.4, -0.2) is 13.1 Å². The maximum absolute atomic E-state index is 3.57. The summed E-state index contributed by atoms with van der Waals surface area (Å²) in [5.41, 5.74) is 3.95.